The lowest BCUT2D eigenvalue weighted by atomic mass is 9.94. The fourth-order valence-corrected chi connectivity index (χ4v) is 6.99. The number of hydrogen-bond acceptors (Lipinski definition) is 5. The monoisotopic (exact) mass is 708 g/mol. The highest BCUT2D eigenvalue weighted by Gasteiger charge is 2.11. The smallest absolute Gasteiger partial charge is 0.305 e. The molecule has 0 unspecified atom stereocenters. The average Bonchev–Trinajstić information content (AvgIpc) is 3.11. The highest BCUT2D eigenvalue weighted by molar-refractivity contribution is 5.69. The molecule has 0 aromatic heterocycles. The van der Waals surface area contributed by atoms with Gasteiger partial charge in [-0.15, -0.1) is 0 Å². The molecule has 0 saturated heterocycles. The fourth-order valence-electron chi connectivity index (χ4n) is 6.99. The minimum atomic E-state index is -0.0202. The van der Waals surface area contributed by atoms with Gasteiger partial charge in [0.15, 0.2) is 0 Å². The van der Waals surface area contributed by atoms with Crippen molar-refractivity contribution in [2.24, 2.45) is 5.92 Å². The van der Waals surface area contributed by atoms with Crippen LogP contribution in [0.1, 0.15) is 226 Å². The van der Waals surface area contributed by atoms with Crippen molar-refractivity contribution in [2.45, 2.75) is 226 Å². The Bertz CT molecular complexity index is 683. The van der Waals surface area contributed by atoms with Crippen LogP contribution >= 0.6 is 0 Å². The maximum absolute atomic E-state index is 12.0. The van der Waals surface area contributed by atoms with Crippen LogP contribution in [0.4, 0.5) is 0 Å². The maximum atomic E-state index is 12.0. The summed E-state index contributed by atoms with van der Waals surface area (Å²) in [5.41, 5.74) is 0. The second-order valence-corrected chi connectivity index (χ2v) is 15.4. The summed E-state index contributed by atoms with van der Waals surface area (Å²) < 4.78 is 11.7. The summed E-state index contributed by atoms with van der Waals surface area (Å²) in [7, 11) is 0. The molecule has 0 radical (unpaired) electrons. The average molecular weight is 708 g/mol. The van der Waals surface area contributed by atoms with E-state index in [9.17, 15) is 9.90 Å². The molecule has 0 aromatic carbocycles. The molecule has 0 bridgehead atoms. The molecule has 0 aliphatic rings. The normalized spacial score (nSPS) is 11.6. The molecule has 0 atom stereocenters. The molecule has 0 aliphatic carbocycles. The SMILES string of the molecule is C=C(CCCCCCN(CCO)CCCCCCCC(=O)OCCCCCCCCC)OCC(CCCCCCCC)CCCCCCCC. The topological polar surface area (TPSA) is 59.0 Å². The molecule has 298 valence electrons. The summed E-state index contributed by atoms with van der Waals surface area (Å²) in [5.74, 6) is 1.66. The van der Waals surface area contributed by atoms with Crippen molar-refractivity contribution in [3.63, 3.8) is 0 Å². The number of allylic oxidation sites excluding steroid dienone is 1. The lowest BCUT2D eigenvalue weighted by Gasteiger charge is -2.21. The minimum absolute atomic E-state index is 0.0202. The number of carbonyl (C=O) groups is 1. The first-order chi connectivity index (χ1) is 24.6. The van der Waals surface area contributed by atoms with Crippen LogP contribution < -0.4 is 0 Å². The number of hydrogen-bond donors (Lipinski definition) is 1. The molecule has 5 nitrogen and oxygen atoms in total. The highest BCUT2D eigenvalue weighted by atomic mass is 16.5. The molecule has 0 fully saturated rings. The highest BCUT2D eigenvalue weighted by Crippen LogP contribution is 2.22. The first kappa shape index (κ1) is 48.9. The van der Waals surface area contributed by atoms with Gasteiger partial charge < -0.3 is 19.5 Å². The number of nitrogens with zero attached hydrogens (tertiary/aromatic N) is 1. The molecule has 1 N–H and O–H groups in total. The van der Waals surface area contributed by atoms with Crippen molar-refractivity contribution in [3.8, 4) is 0 Å². The summed E-state index contributed by atoms with van der Waals surface area (Å²) in [4.78, 5) is 14.4. The van der Waals surface area contributed by atoms with Crippen LogP contribution in [0.25, 0.3) is 0 Å². The second kappa shape index (κ2) is 40.7. The molecule has 0 rings (SSSR count). The van der Waals surface area contributed by atoms with Crippen LogP contribution in [-0.2, 0) is 14.3 Å². The van der Waals surface area contributed by atoms with Crippen LogP contribution in [0.2, 0.25) is 0 Å². The fraction of sp³-hybridized carbons (Fsp3) is 0.933. The number of ether oxygens (including phenoxy) is 2. The lowest BCUT2D eigenvalue weighted by molar-refractivity contribution is -0.143. The molecule has 5 heteroatoms. The van der Waals surface area contributed by atoms with Crippen molar-refractivity contribution >= 4 is 5.97 Å². The van der Waals surface area contributed by atoms with Crippen LogP contribution in [0.3, 0.4) is 0 Å². The van der Waals surface area contributed by atoms with E-state index in [1.54, 1.807) is 0 Å². The molecule has 0 saturated carbocycles. The lowest BCUT2D eigenvalue weighted by Crippen LogP contribution is -2.29. The standard InChI is InChI=1S/C45H89NO4/c1-5-8-11-14-17-25-32-41-49-45(48)36-29-21-18-23-30-37-46(39-40-47)38-31-24-22-26-33-43(4)50-42-44(34-27-19-15-12-9-6-2)35-28-20-16-13-10-7-3/h44,47H,4-42H2,1-3H3. The van der Waals surface area contributed by atoms with E-state index in [2.05, 4.69) is 32.3 Å². The maximum Gasteiger partial charge on any atom is 0.305 e. The number of aliphatic hydroxyl groups excluding tert-OH is 1. The molecule has 50 heavy (non-hydrogen) atoms. The van der Waals surface area contributed by atoms with E-state index in [1.165, 1.54) is 167 Å². The van der Waals surface area contributed by atoms with Gasteiger partial charge in [0.1, 0.15) is 0 Å². The zero-order valence-corrected chi connectivity index (χ0v) is 34.3. The van der Waals surface area contributed by atoms with Crippen molar-refractivity contribution in [2.75, 3.05) is 39.5 Å². The predicted octanol–water partition coefficient (Wildman–Crippen LogP) is 13.5. The van der Waals surface area contributed by atoms with E-state index in [-0.39, 0.29) is 12.6 Å². The zero-order chi connectivity index (χ0) is 36.6. The molecule has 0 amide bonds. The van der Waals surface area contributed by atoms with Crippen molar-refractivity contribution in [3.05, 3.63) is 12.3 Å². The summed E-state index contributed by atoms with van der Waals surface area (Å²) in [5, 5.41) is 9.56. The number of rotatable bonds is 42. The Kier molecular flexibility index (Phi) is 39.8. The van der Waals surface area contributed by atoms with Crippen molar-refractivity contribution in [1.29, 1.82) is 0 Å². The number of carbonyl (C=O) groups excluding carboxylic acids is 1. The number of unbranched alkanes of at least 4 members (excludes halogenated alkanes) is 23. The summed E-state index contributed by atoms with van der Waals surface area (Å²) in [6.07, 6.45) is 39.7. The van der Waals surface area contributed by atoms with Gasteiger partial charge in [-0.25, -0.2) is 0 Å². The van der Waals surface area contributed by atoms with E-state index in [4.69, 9.17) is 9.47 Å². The van der Waals surface area contributed by atoms with Gasteiger partial charge in [0, 0.05) is 19.4 Å². The summed E-state index contributed by atoms with van der Waals surface area (Å²) >= 11 is 0. The third-order valence-electron chi connectivity index (χ3n) is 10.4. The van der Waals surface area contributed by atoms with Gasteiger partial charge in [0.05, 0.1) is 25.6 Å². The van der Waals surface area contributed by atoms with Crippen LogP contribution in [-0.4, -0.2) is 55.4 Å². The van der Waals surface area contributed by atoms with Crippen LogP contribution in [0.15, 0.2) is 12.3 Å². The minimum Gasteiger partial charge on any atom is -0.498 e. The second-order valence-electron chi connectivity index (χ2n) is 15.4. The number of esters is 1. The van der Waals surface area contributed by atoms with E-state index in [0.717, 1.165) is 64.1 Å². The predicted molar refractivity (Wildman–Crippen MR) is 218 cm³/mol. The first-order valence-electron chi connectivity index (χ1n) is 22.4. The van der Waals surface area contributed by atoms with E-state index in [0.29, 0.717) is 18.9 Å². The van der Waals surface area contributed by atoms with Gasteiger partial charge in [-0.05, 0) is 64.0 Å². The third kappa shape index (κ3) is 36.7. The van der Waals surface area contributed by atoms with Gasteiger partial charge in [-0.2, -0.15) is 0 Å². The Morgan fingerprint density at radius 3 is 1.44 bits per heavy atom. The van der Waals surface area contributed by atoms with Gasteiger partial charge >= 0.3 is 5.97 Å². The zero-order valence-electron chi connectivity index (χ0n) is 34.3. The Morgan fingerprint density at radius 2 is 0.940 bits per heavy atom. The molecule has 0 heterocycles. The molecule has 0 spiro atoms. The summed E-state index contributed by atoms with van der Waals surface area (Å²) in [6.45, 7) is 15.7. The third-order valence-corrected chi connectivity index (χ3v) is 10.4. The van der Waals surface area contributed by atoms with Crippen LogP contribution in [0, 0.1) is 5.92 Å². The van der Waals surface area contributed by atoms with Gasteiger partial charge in [0.25, 0.3) is 0 Å². The Balaban J connectivity index is 3.94. The van der Waals surface area contributed by atoms with Crippen molar-refractivity contribution < 1.29 is 19.4 Å². The largest absolute Gasteiger partial charge is 0.498 e. The van der Waals surface area contributed by atoms with Gasteiger partial charge in [-0.1, -0.05) is 175 Å². The Morgan fingerprint density at radius 1 is 0.520 bits per heavy atom. The van der Waals surface area contributed by atoms with Gasteiger partial charge in [-0.3, -0.25) is 4.79 Å². The molecular formula is C45H89NO4. The number of aliphatic hydroxyl groups is 1. The summed E-state index contributed by atoms with van der Waals surface area (Å²) in [6, 6.07) is 0. The van der Waals surface area contributed by atoms with Crippen molar-refractivity contribution in [1.82, 2.24) is 4.90 Å². The van der Waals surface area contributed by atoms with E-state index < -0.39 is 0 Å². The van der Waals surface area contributed by atoms with Crippen LogP contribution in [0.5, 0.6) is 0 Å². The van der Waals surface area contributed by atoms with Gasteiger partial charge in [0.2, 0.25) is 0 Å². The van der Waals surface area contributed by atoms with E-state index >= 15 is 0 Å². The molecule has 0 aromatic rings. The quantitative estimate of drug-likeness (QED) is 0.0389. The first-order valence-corrected chi connectivity index (χ1v) is 22.4. The van der Waals surface area contributed by atoms with E-state index in [1.807, 2.05) is 0 Å². The molecule has 0 aliphatic heterocycles. The Labute approximate surface area is 313 Å². The Hall–Kier alpha value is -1.07. The molecular weight excluding hydrogens is 618 g/mol.